The molecule has 3 rings (SSSR count). The quantitative estimate of drug-likeness (QED) is 0.742. The molecule has 0 fully saturated rings. The molecule has 0 aliphatic carbocycles. The lowest BCUT2D eigenvalue weighted by atomic mass is 10.3. The Labute approximate surface area is 146 Å². The number of hydrogen-bond donors (Lipinski definition) is 1. The molecule has 0 saturated carbocycles. The Morgan fingerprint density at radius 2 is 1.96 bits per heavy atom. The summed E-state index contributed by atoms with van der Waals surface area (Å²) in [5.41, 5.74) is 0.464. The van der Waals surface area contributed by atoms with Crippen molar-refractivity contribution in [2.45, 2.75) is 6.73 Å². The van der Waals surface area contributed by atoms with Gasteiger partial charge in [-0.2, -0.15) is 5.10 Å². The lowest BCUT2D eigenvalue weighted by molar-refractivity contribution is 0.102. The fourth-order valence-electron chi connectivity index (χ4n) is 2.02. The van der Waals surface area contributed by atoms with E-state index in [9.17, 15) is 13.6 Å². The summed E-state index contributed by atoms with van der Waals surface area (Å²) in [4.78, 5) is 12.1. The number of halogens is 3. The first-order chi connectivity index (χ1) is 12.0. The predicted molar refractivity (Wildman–Crippen MR) is 88.6 cm³/mol. The van der Waals surface area contributed by atoms with Crippen molar-refractivity contribution in [1.82, 2.24) is 9.78 Å². The maximum atomic E-state index is 13.5. The summed E-state index contributed by atoms with van der Waals surface area (Å²) in [6.07, 6.45) is 1.52. The number of carbonyl (C=O) groups is 1. The molecule has 25 heavy (non-hydrogen) atoms. The van der Waals surface area contributed by atoms with Gasteiger partial charge in [0.2, 0.25) is 0 Å². The number of benzene rings is 2. The second-order valence-electron chi connectivity index (χ2n) is 5.03. The highest BCUT2D eigenvalue weighted by molar-refractivity contribution is 6.31. The van der Waals surface area contributed by atoms with Gasteiger partial charge in [0.05, 0.1) is 5.02 Å². The van der Waals surface area contributed by atoms with Crippen LogP contribution in [0.3, 0.4) is 0 Å². The molecule has 0 spiro atoms. The second kappa shape index (κ2) is 7.31. The Hall–Kier alpha value is -2.93. The topological polar surface area (TPSA) is 56.2 Å². The van der Waals surface area contributed by atoms with Crippen LogP contribution in [0.2, 0.25) is 5.02 Å². The third kappa shape index (κ3) is 4.13. The van der Waals surface area contributed by atoms with Gasteiger partial charge < -0.3 is 10.1 Å². The van der Waals surface area contributed by atoms with E-state index < -0.39 is 17.5 Å². The molecule has 0 aliphatic heterocycles. The van der Waals surface area contributed by atoms with Crippen LogP contribution in [-0.2, 0) is 6.73 Å². The van der Waals surface area contributed by atoms with E-state index in [2.05, 4.69) is 10.4 Å². The summed E-state index contributed by atoms with van der Waals surface area (Å²) in [5.74, 6) is -1.47. The SMILES string of the molecule is O=C(Nc1ccc(F)c(Cl)c1)c1ccn(COc2ccccc2F)n1. The summed E-state index contributed by atoms with van der Waals surface area (Å²) in [7, 11) is 0. The monoisotopic (exact) mass is 363 g/mol. The Balaban J connectivity index is 1.63. The first-order valence-electron chi connectivity index (χ1n) is 7.20. The van der Waals surface area contributed by atoms with E-state index >= 15 is 0 Å². The third-order valence-corrected chi connectivity index (χ3v) is 3.53. The normalized spacial score (nSPS) is 10.5. The van der Waals surface area contributed by atoms with Crippen molar-refractivity contribution in [3.63, 3.8) is 0 Å². The lowest BCUT2D eigenvalue weighted by Crippen LogP contribution is -2.14. The van der Waals surface area contributed by atoms with Crippen LogP contribution in [0.4, 0.5) is 14.5 Å². The number of aromatic nitrogens is 2. The maximum absolute atomic E-state index is 13.5. The molecule has 0 bridgehead atoms. The van der Waals surface area contributed by atoms with Crippen LogP contribution < -0.4 is 10.1 Å². The van der Waals surface area contributed by atoms with E-state index in [4.69, 9.17) is 16.3 Å². The van der Waals surface area contributed by atoms with Gasteiger partial charge in [0.1, 0.15) is 5.82 Å². The Kier molecular flexibility index (Phi) is 4.95. The summed E-state index contributed by atoms with van der Waals surface area (Å²) in [5, 5.41) is 6.50. The van der Waals surface area contributed by atoms with Gasteiger partial charge in [0.15, 0.2) is 24.0 Å². The van der Waals surface area contributed by atoms with Crippen molar-refractivity contribution in [3.8, 4) is 5.75 Å². The molecule has 1 N–H and O–H groups in total. The highest BCUT2D eigenvalue weighted by Crippen LogP contribution is 2.20. The summed E-state index contributed by atoms with van der Waals surface area (Å²) in [6.45, 7) is -0.0589. The van der Waals surface area contributed by atoms with Crippen molar-refractivity contribution in [2.24, 2.45) is 0 Å². The highest BCUT2D eigenvalue weighted by Gasteiger charge is 2.11. The second-order valence-corrected chi connectivity index (χ2v) is 5.43. The average molecular weight is 364 g/mol. The van der Waals surface area contributed by atoms with Crippen LogP contribution in [0.25, 0.3) is 0 Å². The Morgan fingerprint density at radius 3 is 2.72 bits per heavy atom. The van der Waals surface area contributed by atoms with E-state index in [-0.39, 0.29) is 23.2 Å². The number of amides is 1. The standard InChI is InChI=1S/C17H12ClF2N3O2/c18-12-9-11(5-6-13(12)19)21-17(24)15-7-8-23(22-15)10-25-16-4-2-1-3-14(16)20/h1-9H,10H2,(H,21,24). The molecule has 0 aliphatic rings. The molecule has 3 aromatic rings. The first-order valence-corrected chi connectivity index (χ1v) is 7.58. The summed E-state index contributed by atoms with van der Waals surface area (Å²) < 4.78 is 33.2. The van der Waals surface area contributed by atoms with Gasteiger partial charge in [-0.25, -0.2) is 13.5 Å². The van der Waals surface area contributed by atoms with Crippen LogP contribution in [-0.4, -0.2) is 15.7 Å². The van der Waals surface area contributed by atoms with Gasteiger partial charge in [-0.3, -0.25) is 4.79 Å². The molecule has 128 valence electrons. The lowest BCUT2D eigenvalue weighted by Gasteiger charge is -2.07. The minimum absolute atomic E-state index is 0.0589. The number of nitrogens with zero attached hydrogens (tertiary/aromatic N) is 2. The molecular weight excluding hydrogens is 352 g/mol. The molecule has 8 heteroatoms. The number of anilines is 1. The fraction of sp³-hybridized carbons (Fsp3) is 0.0588. The average Bonchev–Trinajstić information content (AvgIpc) is 3.07. The van der Waals surface area contributed by atoms with Crippen molar-refractivity contribution < 1.29 is 18.3 Å². The van der Waals surface area contributed by atoms with Crippen molar-refractivity contribution in [1.29, 1.82) is 0 Å². The van der Waals surface area contributed by atoms with Gasteiger partial charge in [-0.15, -0.1) is 0 Å². The zero-order valence-electron chi connectivity index (χ0n) is 12.7. The Morgan fingerprint density at radius 1 is 1.16 bits per heavy atom. The number of carbonyl (C=O) groups excluding carboxylic acids is 1. The van der Waals surface area contributed by atoms with Crippen molar-refractivity contribution in [3.05, 3.63) is 77.1 Å². The minimum atomic E-state index is -0.575. The van der Waals surface area contributed by atoms with Gasteiger partial charge in [0, 0.05) is 11.9 Å². The van der Waals surface area contributed by atoms with Crippen molar-refractivity contribution >= 4 is 23.2 Å². The number of rotatable bonds is 5. The molecule has 0 unspecified atom stereocenters. The minimum Gasteiger partial charge on any atom is -0.468 e. The highest BCUT2D eigenvalue weighted by atomic mass is 35.5. The molecule has 0 radical (unpaired) electrons. The Bertz CT molecular complexity index is 914. The molecule has 1 heterocycles. The van der Waals surface area contributed by atoms with Crippen molar-refractivity contribution in [2.75, 3.05) is 5.32 Å². The van der Waals surface area contributed by atoms with Crippen LogP contribution >= 0.6 is 11.6 Å². The van der Waals surface area contributed by atoms with E-state index in [1.807, 2.05) is 0 Å². The number of ether oxygens (including phenoxy) is 1. The van der Waals surface area contributed by atoms with E-state index in [0.29, 0.717) is 5.69 Å². The largest absolute Gasteiger partial charge is 0.468 e. The molecule has 2 aromatic carbocycles. The zero-order valence-corrected chi connectivity index (χ0v) is 13.5. The third-order valence-electron chi connectivity index (χ3n) is 3.24. The van der Waals surface area contributed by atoms with Gasteiger partial charge >= 0.3 is 0 Å². The van der Waals surface area contributed by atoms with Crippen LogP contribution in [0.1, 0.15) is 10.5 Å². The van der Waals surface area contributed by atoms with Gasteiger partial charge in [-0.1, -0.05) is 23.7 Å². The number of nitrogens with one attached hydrogen (secondary N) is 1. The molecule has 0 atom stereocenters. The van der Waals surface area contributed by atoms with Crippen LogP contribution in [0.15, 0.2) is 54.7 Å². The van der Waals surface area contributed by atoms with Gasteiger partial charge in [0.25, 0.3) is 5.91 Å². The molecule has 1 aromatic heterocycles. The zero-order chi connectivity index (χ0) is 17.8. The number of para-hydroxylation sites is 1. The summed E-state index contributed by atoms with van der Waals surface area (Å²) in [6, 6.07) is 11.3. The summed E-state index contributed by atoms with van der Waals surface area (Å²) >= 11 is 5.67. The molecule has 5 nitrogen and oxygen atoms in total. The van der Waals surface area contributed by atoms with Crippen LogP contribution in [0, 0.1) is 11.6 Å². The molecular formula is C17H12ClF2N3O2. The fourth-order valence-corrected chi connectivity index (χ4v) is 2.20. The van der Waals surface area contributed by atoms with E-state index in [1.54, 1.807) is 12.1 Å². The first kappa shape index (κ1) is 16.9. The smallest absolute Gasteiger partial charge is 0.276 e. The maximum Gasteiger partial charge on any atom is 0.276 e. The predicted octanol–water partition coefficient (Wildman–Crippen LogP) is 4.10. The van der Waals surface area contributed by atoms with Crippen LogP contribution in [0.5, 0.6) is 5.75 Å². The number of hydrogen-bond acceptors (Lipinski definition) is 3. The van der Waals surface area contributed by atoms with E-state index in [0.717, 1.165) is 6.07 Å². The molecule has 1 amide bonds. The van der Waals surface area contributed by atoms with Gasteiger partial charge in [-0.05, 0) is 36.4 Å². The van der Waals surface area contributed by atoms with E-state index in [1.165, 1.54) is 41.2 Å². The molecule has 0 saturated heterocycles.